The van der Waals surface area contributed by atoms with Crippen molar-refractivity contribution in [3.05, 3.63) is 30.1 Å². The van der Waals surface area contributed by atoms with Gasteiger partial charge in [-0.3, -0.25) is 14.7 Å². The van der Waals surface area contributed by atoms with E-state index in [-0.39, 0.29) is 5.91 Å². The van der Waals surface area contributed by atoms with Crippen molar-refractivity contribution in [1.82, 2.24) is 14.8 Å². The molecule has 1 spiro atoms. The molecule has 0 radical (unpaired) electrons. The van der Waals surface area contributed by atoms with Crippen LogP contribution in [-0.4, -0.2) is 78.3 Å². The molecule has 0 saturated carbocycles. The van der Waals surface area contributed by atoms with Gasteiger partial charge in [-0.15, -0.1) is 0 Å². The summed E-state index contributed by atoms with van der Waals surface area (Å²) in [6.07, 6.45) is 1.65. The highest BCUT2D eigenvalue weighted by molar-refractivity contribution is 5.92. The van der Waals surface area contributed by atoms with Crippen molar-refractivity contribution in [3.63, 3.8) is 0 Å². The van der Waals surface area contributed by atoms with Gasteiger partial charge in [0.25, 0.3) is 5.91 Å². The molecule has 1 aromatic heterocycles. The van der Waals surface area contributed by atoms with E-state index in [2.05, 4.69) is 23.7 Å². The summed E-state index contributed by atoms with van der Waals surface area (Å²) in [5, 5.41) is 0. The maximum Gasteiger partial charge on any atom is 0.272 e. The lowest BCUT2D eigenvalue weighted by Crippen LogP contribution is -2.60. The molecule has 0 unspecified atom stereocenters. The van der Waals surface area contributed by atoms with Crippen LogP contribution in [0.5, 0.6) is 0 Å². The van der Waals surface area contributed by atoms with Crippen LogP contribution in [0.3, 0.4) is 0 Å². The normalized spacial score (nSPS) is 26.5. The lowest BCUT2D eigenvalue weighted by Gasteiger charge is -2.44. The lowest BCUT2D eigenvalue weighted by atomic mass is 10.0. The van der Waals surface area contributed by atoms with Crippen LogP contribution in [0.15, 0.2) is 24.4 Å². The van der Waals surface area contributed by atoms with Gasteiger partial charge in [-0.05, 0) is 26.0 Å². The molecule has 2 aliphatic heterocycles. The van der Waals surface area contributed by atoms with Crippen molar-refractivity contribution in [2.24, 2.45) is 0 Å². The van der Waals surface area contributed by atoms with E-state index in [4.69, 9.17) is 9.47 Å². The number of aromatic nitrogens is 1. The summed E-state index contributed by atoms with van der Waals surface area (Å²) in [6, 6.07) is 5.84. The number of pyridine rings is 1. The zero-order chi connectivity index (χ0) is 16.3. The van der Waals surface area contributed by atoms with Crippen molar-refractivity contribution in [2.45, 2.75) is 25.5 Å². The Labute approximate surface area is 137 Å². The third-order valence-electron chi connectivity index (χ3n) is 4.53. The van der Waals surface area contributed by atoms with Crippen LogP contribution < -0.4 is 0 Å². The number of amides is 1. The second kappa shape index (κ2) is 6.95. The molecular formula is C17H25N3O3. The Bertz CT molecular complexity index is 537. The quantitative estimate of drug-likeness (QED) is 0.815. The fraction of sp³-hybridized carbons (Fsp3) is 0.647. The largest absolute Gasteiger partial charge is 0.377 e. The Kier molecular flexibility index (Phi) is 4.94. The van der Waals surface area contributed by atoms with Gasteiger partial charge in [0.05, 0.1) is 26.4 Å². The molecular weight excluding hydrogens is 294 g/mol. The number of hydrogen-bond donors (Lipinski definition) is 0. The van der Waals surface area contributed by atoms with Crippen LogP contribution >= 0.6 is 0 Å². The predicted molar refractivity (Wildman–Crippen MR) is 86.4 cm³/mol. The monoisotopic (exact) mass is 319 g/mol. The summed E-state index contributed by atoms with van der Waals surface area (Å²) in [4.78, 5) is 21.1. The number of hydrogen-bond acceptors (Lipinski definition) is 5. The molecule has 2 aliphatic rings. The second-order valence-corrected chi connectivity index (χ2v) is 6.59. The third-order valence-corrected chi connectivity index (χ3v) is 4.53. The first-order chi connectivity index (χ1) is 11.1. The number of carbonyl (C=O) groups excluding carboxylic acids is 1. The molecule has 2 fully saturated rings. The fourth-order valence-electron chi connectivity index (χ4n) is 3.23. The van der Waals surface area contributed by atoms with E-state index in [9.17, 15) is 4.79 Å². The third kappa shape index (κ3) is 3.71. The summed E-state index contributed by atoms with van der Waals surface area (Å²) >= 11 is 0. The number of carbonyl (C=O) groups is 1. The van der Waals surface area contributed by atoms with Gasteiger partial charge in [-0.25, -0.2) is 0 Å². The molecule has 2 saturated heterocycles. The van der Waals surface area contributed by atoms with E-state index in [0.717, 1.165) is 13.1 Å². The summed E-state index contributed by atoms with van der Waals surface area (Å²) in [7, 11) is 0. The number of nitrogens with zero attached hydrogens (tertiary/aromatic N) is 3. The van der Waals surface area contributed by atoms with Crippen LogP contribution in [0.1, 0.15) is 24.3 Å². The zero-order valence-corrected chi connectivity index (χ0v) is 13.9. The SMILES string of the molecule is CC(C)N1CCOC[C@@]2(CN(C(=O)c3ccccn3)CCO2)C1. The van der Waals surface area contributed by atoms with Crippen LogP contribution in [0.2, 0.25) is 0 Å². The average Bonchev–Trinajstić information content (AvgIpc) is 2.78. The minimum Gasteiger partial charge on any atom is -0.377 e. The van der Waals surface area contributed by atoms with Crippen LogP contribution in [0, 0.1) is 0 Å². The van der Waals surface area contributed by atoms with Crippen LogP contribution in [0.25, 0.3) is 0 Å². The van der Waals surface area contributed by atoms with Crippen molar-refractivity contribution in [1.29, 1.82) is 0 Å². The van der Waals surface area contributed by atoms with Gasteiger partial charge in [-0.1, -0.05) is 6.07 Å². The Morgan fingerprint density at radius 3 is 2.87 bits per heavy atom. The minimum atomic E-state index is -0.441. The first-order valence-electron chi connectivity index (χ1n) is 8.26. The number of morpholine rings is 1. The average molecular weight is 319 g/mol. The van der Waals surface area contributed by atoms with E-state index in [1.54, 1.807) is 12.3 Å². The fourth-order valence-corrected chi connectivity index (χ4v) is 3.23. The molecule has 0 bridgehead atoms. The van der Waals surface area contributed by atoms with Crippen LogP contribution in [0.4, 0.5) is 0 Å². The van der Waals surface area contributed by atoms with E-state index in [1.807, 2.05) is 17.0 Å². The molecule has 6 heteroatoms. The van der Waals surface area contributed by atoms with Gasteiger partial charge in [-0.2, -0.15) is 0 Å². The maximum absolute atomic E-state index is 12.7. The maximum atomic E-state index is 12.7. The highest BCUT2D eigenvalue weighted by Crippen LogP contribution is 2.24. The number of rotatable bonds is 2. The van der Waals surface area contributed by atoms with E-state index in [1.165, 1.54) is 0 Å². The molecule has 0 N–H and O–H groups in total. The molecule has 126 valence electrons. The highest BCUT2D eigenvalue weighted by atomic mass is 16.5. The molecule has 3 heterocycles. The molecule has 0 aliphatic carbocycles. The smallest absolute Gasteiger partial charge is 0.272 e. The summed E-state index contributed by atoms with van der Waals surface area (Å²) in [5.41, 5.74) is 0.0449. The van der Waals surface area contributed by atoms with Crippen molar-refractivity contribution in [2.75, 3.05) is 46.0 Å². The minimum absolute atomic E-state index is 0.0337. The summed E-state index contributed by atoms with van der Waals surface area (Å²) in [6.45, 7) is 8.96. The standard InChI is InChI=1S/C17H25N3O3/c1-14(2)19-7-9-22-13-17(11-19)12-20(8-10-23-17)16(21)15-5-3-4-6-18-15/h3-6,14H,7-13H2,1-2H3/t17-/m0/s1. The zero-order valence-electron chi connectivity index (χ0n) is 13.9. The van der Waals surface area contributed by atoms with E-state index >= 15 is 0 Å². The van der Waals surface area contributed by atoms with Crippen molar-refractivity contribution < 1.29 is 14.3 Å². The highest BCUT2D eigenvalue weighted by Gasteiger charge is 2.42. The molecule has 6 nitrogen and oxygen atoms in total. The van der Waals surface area contributed by atoms with Crippen molar-refractivity contribution in [3.8, 4) is 0 Å². The van der Waals surface area contributed by atoms with E-state index < -0.39 is 5.60 Å². The van der Waals surface area contributed by atoms with E-state index in [0.29, 0.717) is 44.6 Å². The Morgan fingerprint density at radius 1 is 1.26 bits per heavy atom. The number of ether oxygens (including phenoxy) is 2. The van der Waals surface area contributed by atoms with Crippen molar-refractivity contribution >= 4 is 5.91 Å². The van der Waals surface area contributed by atoms with Gasteiger partial charge in [0, 0.05) is 31.9 Å². The topological polar surface area (TPSA) is 54.9 Å². The summed E-state index contributed by atoms with van der Waals surface area (Å²) in [5.74, 6) is -0.0337. The Morgan fingerprint density at radius 2 is 2.13 bits per heavy atom. The molecule has 1 amide bonds. The predicted octanol–water partition coefficient (Wildman–Crippen LogP) is 1.03. The second-order valence-electron chi connectivity index (χ2n) is 6.59. The van der Waals surface area contributed by atoms with Gasteiger partial charge in [0.15, 0.2) is 0 Å². The molecule has 0 aromatic carbocycles. The first kappa shape index (κ1) is 16.4. The molecule has 23 heavy (non-hydrogen) atoms. The van der Waals surface area contributed by atoms with Gasteiger partial charge in [0.1, 0.15) is 11.3 Å². The first-order valence-corrected chi connectivity index (χ1v) is 8.26. The molecule has 3 rings (SSSR count). The van der Waals surface area contributed by atoms with Gasteiger partial charge < -0.3 is 14.4 Å². The van der Waals surface area contributed by atoms with Gasteiger partial charge >= 0.3 is 0 Å². The van der Waals surface area contributed by atoms with Crippen LogP contribution in [-0.2, 0) is 9.47 Å². The molecule has 1 atom stereocenters. The molecule has 1 aromatic rings. The lowest BCUT2D eigenvalue weighted by molar-refractivity contribution is -0.134. The van der Waals surface area contributed by atoms with Gasteiger partial charge in [0.2, 0.25) is 0 Å². The Hall–Kier alpha value is -1.50. The Balaban J connectivity index is 1.75. The summed E-state index contributed by atoms with van der Waals surface area (Å²) < 4.78 is 11.9.